The lowest BCUT2D eigenvalue weighted by Gasteiger charge is -2.59. The van der Waals surface area contributed by atoms with Crippen molar-refractivity contribution in [1.82, 2.24) is 14.8 Å². The van der Waals surface area contributed by atoms with Gasteiger partial charge >= 0.3 is 0 Å². The molecule has 6 heteroatoms. The fraction of sp³-hybridized carbons (Fsp3) is 0.480. The number of hydrogen-bond donors (Lipinski definition) is 1. The lowest BCUT2D eigenvalue weighted by molar-refractivity contribution is -0.168. The third-order valence-electron chi connectivity index (χ3n) is 7.31. The first-order valence-corrected chi connectivity index (χ1v) is 11.4. The zero-order chi connectivity index (χ0) is 21.4. The Kier molecular flexibility index (Phi) is 5.48. The normalized spacial score (nSPS) is 26.4. The van der Waals surface area contributed by atoms with Gasteiger partial charge in [-0.05, 0) is 35.6 Å². The first-order valence-electron chi connectivity index (χ1n) is 11.4. The zero-order valence-corrected chi connectivity index (χ0v) is 17.7. The van der Waals surface area contributed by atoms with Gasteiger partial charge in [-0.25, -0.2) is 0 Å². The topological polar surface area (TPSA) is 73.7 Å². The van der Waals surface area contributed by atoms with Gasteiger partial charge in [-0.2, -0.15) is 0 Å². The molecular weight excluding hydrogens is 390 g/mol. The van der Waals surface area contributed by atoms with Gasteiger partial charge in [0.05, 0.1) is 25.2 Å². The molecule has 5 rings (SSSR count). The highest BCUT2D eigenvalue weighted by atomic mass is 16.3. The Morgan fingerprint density at radius 3 is 2.52 bits per heavy atom. The van der Waals surface area contributed by atoms with E-state index in [0.29, 0.717) is 6.54 Å². The minimum Gasteiger partial charge on any atom is -0.394 e. The third-order valence-corrected chi connectivity index (χ3v) is 7.31. The van der Waals surface area contributed by atoms with Gasteiger partial charge in [0.15, 0.2) is 0 Å². The van der Waals surface area contributed by atoms with Crippen molar-refractivity contribution in [2.24, 2.45) is 5.92 Å². The van der Waals surface area contributed by atoms with E-state index in [9.17, 15) is 14.7 Å². The van der Waals surface area contributed by atoms with Gasteiger partial charge < -0.3 is 14.9 Å². The fourth-order valence-corrected chi connectivity index (χ4v) is 5.71. The van der Waals surface area contributed by atoms with E-state index in [1.54, 1.807) is 11.1 Å². The van der Waals surface area contributed by atoms with E-state index in [4.69, 9.17) is 0 Å². The van der Waals surface area contributed by atoms with E-state index < -0.39 is 0 Å². The highest BCUT2D eigenvalue weighted by Gasteiger charge is 2.54. The lowest BCUT2D eigenvalue weighted by atomic mass is 9.73. The standard InChI is InChI=1S/C25H29N3O3/c29-16-22-24(18-10-8-17(9-11-18)20-7-4-12-26-13-20)21-14-27(15-23(30)28(21)22)25(31)19-5-2-1-3-6-19/h4,7-13,19,21-22,24,29H,1-3,5-6,14-16H2/t21-,22-,24-/m0/s1. The Morgan fingerprint density at radius 2 is 1.84 bits per heavy atom. The maximum Gasteiger partial charge on any atom is 0.242 e. The number of nitrogens with zero attached hydrogens (tertiary/aromatic N) is 3. The molecule has 3 fully saturated rings. The number of carbonyl (C=O) groups excluding carboxylic acids is 2. The number of fused-ring (bicyclic) bond motifs is 1. The molecule has 3 aliphatic rings. The molecule has 2 amide bonds. The minimum atomic E-state index is -0.214. The molecule has 2 aliphatic heterocycles. The average Bonchev–Trinajstić information content (AvgIpc) is 2.81. The van der Waals surface area contributed by atoms with Crippen molar-refractivity contribution in [2.75, 3.05) is 19.7 Å². The second kappa shape index (κ2) is 8.42. The SMILES string of the molecule is O=C(C1CCCCC1)N1CC(=O)N2[C@@H](CO)[C@@H](c3ccc(-c4cccnc4)cc3)[C@@H]2C1. The monoisotopic (exact) mass is 419 g/mol. The first-order chi connectivity index (χ1) is 15.2. The van der Waals surface area contributed by atoms with Crippen LogP contribution in [0.2, 0.25) is 0 Å². The third kappa shape index (κ3) is 3.63. The number of carbonyl (C=O) groups is 2. The molecule has 1 aromatic heterocycles. The van der Waals surface area contributed by atoms with Crippen molar-refractivity contribution in [2.45, 2.75) is 50.1 Å². The Bertz CT molecular complexity index is 940. The summed E-state index contributed by atoms with van der Waals surface area (Å²) in [6.45, 7) is 0.648. The number of piperazine rings is 1. The van der Waals surface area contributed by atoms with Crippen molar-refractivity contribution >= 4 is 11.8 Å². The van der Waals surface area contributed by atoms with Gasteiger partial charge in [-0.15, -0.1) is 0 Å². The molecule has 1 saturated carbocycles. The van der Waals surface area contributed by atoms with Crippen LogP contribution < -0.4 is 0 Å². The van der Waals surface area contributed by atoms with Gasteiger partial charge in [0.1, 0.15) is 0 Å². The molecule has 31 heavy (non-hydrogen) atoms. The number of hydrogen-bond acceptors (Lipinski definition) is 4. The van der Waals surface area contributed by atoms with Gasteiger partial charge in [0, 0.05) is 30.8 Å². The van der Waals surface area contributed by atoms with Crippen molar-refractivity contribution in [3.05, 3.63) is 54.4 Å². The molecule has 2 aromatic rings. The van der Waals surface area contributed by atoms with Crippen molar-refractivity contribution in [3.63, 3.8) is 0 Å². The van der Waals surface area contributed by atoms with E-state index in [1.165, 1.54) is 6.42 Å². The minimum absolute atomic E-state index is 0.0392. The van der Waals surface area contributed by atoms with Crippen LogP contribution in [0.25, 0.3) is 11.1 Å². The van der Waals surface area contributed by atoms with E-state index in [2.05, 4.69) is 29.2 Å². The number of pyridine rings is 1. The van der Waals surface area contributed by atoms with Gasteiger partial charge in [-0.3, -0.25) is 14.6 Å². The molecule has 3 heterocycles. The maximum absolute atomic E-state index is 13.1. The highest BCUT2D eigenvalue weighted by molar-refractivity contribution is 5.88. The second-order valence-corrected chi connectivity index (χ2v) is 9.06. The number of aliphatic hydroxyl groups is 1. The van der Waals surface area contributed by atoms with E-state index in [-0.39, 0.29) is 48.9 Å². The van der Waals surface area contributed by atoms with Gasteiger partial charge in [0.25, 0.3) is 0 Å². The molecule has 162 valence electrons. The summed E-state index contributed by atoms with van der Waals surface area (Å²) in [7, 11) is 0. The number of benzene rings is 1. The van der Waals surface area contributed by atoms with Crippen LogP contribution >= 0.6 is 0 Å². The van der Waals surface area contributed by atoms with E-state index >= 15 is 0 Å². The van der Waals surface area contributed by atoms with Gasteiger partial charge in [0.2, 0.25) is 11.8 Å². The highest BCUT2D eigenvalue weighted by Crippen LogP contribution is 2.43. The summed E-state index contributed by atoms with van der Waals surface area (Å²) in [5.41, 5.74) is 3.25. The van der Waals surface area contributed by atoms with Crippen LogP contribution in [-0.2, 0) is 9.59 Å². The molecular formula is C25H29N3O3. The molecule has 3 atom stereocenters. The molecule has 1 N–H and O–H groups in total. The second-order valence-electron chi connectivity index (χ2n) is 9.06. The Balaban J connectivity index is 1.35. The van der Waals surface area contributed by atoms with Crippen molar-refractivity contribution in [1.29, 1.82) is 0 Å². The first kappa shape index (κ1) is 20.2. The molecule has 0 spiro atoms. The summed E-state index contributed by atoms with van der Waals surface area (Å²) in [6.07, 6.45) is 8.89. The summed E-state index contributed by atoms with van der Waals surface area (Å²) in [5, 5.41) is 10.0. The molecule has 0 unspecified atom stereocenters. The molecule has 1 aromatic carbocycles. The number of aliphatic hydroxyl groups excluding tert-OH is 1. The number of rotatable bonds is 4. The summed E-state index contributed by atoms with van der Waals surface area (Å²) in [6, 6.07) is 12.0. The van der Waals surface area contributed by atoms with E-state index in [0.717, 1.165) is 42.4 Å². The molecule has 2 saturated heterocycles. The van der Waals surface area contributed by atoms with Crippen LogP contribution in [0.5, 0.6) is 0 Å². The Labute approximate surface area is 182 Å². The molecule has 0 radical (unpaired) electrons. The lowest BCUT2D eigenvalue weighted by Crippen LogP contribution is -2.73. The van der Waals surface area contributed by atoms with E-state index in [1.807, 2.05) is 23.2 Å². The molecule has 6 nitrogen and oxygen atoms in total. The quantitative estimate of drug-likeness (QED) is 0.827. The Morgan fingerprint density at radius 1 is 1.06 bits per heavy atom. The molecule has 1 aliphatic carbocycles. The number of aromatic nitrogens is 1. The molecule has 0 bridgehead atoms. The van der Waals surface area contributed by atoms with Crippen LogP contribution in [0.3, 0.4) is 0 Å². The predicted octanol–water partition coefficient (Wildman–Crippen LogP) is 2.83. The van der Waals surface area contributed by atoms with Crippen molar-refractivity contribution < 1.29 is 14.7 Å². The summed E-state index contributed by atoms with van der Waals surface area (Å²) in [5.74, 6) is 0.214. The van der Waals surface area contributed by atoms with Crippen LogP contribution in [0.1, 0.15) is 43.6 Å². The van der Waals surface area contributed by atoms with Crippen LogP contribution in [0.15, 0.2) is 48.8 Å². The van der Waals surface area contributed by atoms with Crippen LogP contribution in [0.4, 0.5) is 0 Å². The zero-order valence-electron chi connectivity index (χ0n) is 17.7. The summed E-state index contributed by atoms with van der Waals surface area (Å²) in [4.78, 5) is 33.7. The summed E-state index contributed by atoms with van der Waals surface area (Å²) >= 11 is 0. The smallest absolute Gasteiger partial charge is 0.242 e. The number of amides is 2. The Hall–Kier alpha value is -2.73. The summed E-state index contributed by atoms with van der Waals surface area (Å²) < 4.78 is 0. The van der Waals surface area contributed by atoms with Crippen LogP contribution in [0, 0.1) is 5.92 Å². The van der Waals surface area contributed by atoms with Crippen molar-refractivity contribution in [3.8, 4) is 11.1 Å². The van der Waals surface area contributed by atoms with Gasteiger partial charge in [-0.1, -0.05) is 49.6 Å². The fourth-order valence-electron chi connectivity index (χ4n) is 5.71. The largest absolute Gasteiger partial charge is 0.394 e. The average molecular weight is 420 g/mol. The predicted molar refractivity (Wildman–Crippen MR) is 117 cm³/mol. The van der Waals surface area contributed by atoms with Crippen LogP contribution in [-0.4, -0.2) is 63.5 Å². The maximum atomic E-state index is 13.1.